The van der Waals surface area contributed by atoms with Gasteiger partial charge in [0.15, 0.2) is 0 Å². The van der Waals surface area contributed by atoms with Crippen molar-refractivity contribution in [2.75, 3.05) is 6.54 Å². The number of halogens is 2. The Morgan fingerprint density at radius 2 is 1.91 bits per heavy atom. The second kappa shape index (κ2) is 8.22. The van der Waals surface area contributed by atoms with Crippen molar-refractivity contribution in [1.82, 2.24) is 5.32 Å². The minimum absolute atomic E-state index is 0.0310. The molecule has 0 bridgehead atoms. The maximum absolute atomic E-state index is 13.2. The fourth-order valence-corrected chi connectivity index (χ4v) is 2.98. The van der Waals surface area contributed by atoms with Crippen molar-refractivity contribution in [2.24, 2.45) is 5.92 Å². The summed E-state index contributed by atoms with van der Waals surface area (Å²) in [5.41, 5.74) is 0.401. The molecule has 5 heteroatoms. The first kappa shape index (κ1) is 16.9. The maximum Gasteiger partial charge on any atom is 0.249 e. The average molecular weight is 311 g/mol. The monoisotopic (exact) mass is 311 g/mol. The number of amides is 1. The molecule has 1 atom stereocenters. The van der Waals surface area contributed by atoms with Gasteiger partial charge in [-0.15, -0.1) is 0 Å². The highest BCUT2D eigenvalue weighted by Crippen LogP contribution is 2.29. The minimum atomic E-state index is -0.635. The second-order valence-corrected chi connectivity index (χ2v) is 5.86. The lowest BCUT2D eigenvalue weighted by molar-refractivity contribution is -0.134. The number of carbonyl (C=O) groups is 1. The molecular formula is C17H23F2NO2. The topological polar surface area (TPSA) is 38.3 Å². The van der Waals surface area contributed by atoms with Gasteiger partial charge in [-0.2, -0.15) is 0 Å². The molecule has 1 saturated carbocycles. The third-order valence-corrected chi connectivity index (χ3v) is 4.04. The van der Waals surface area contributed by atoms with Crippen molar-refractivity contribution in [3.8, 4) is 0 Å². The number of nitrogens with one attached hydrogen (secondary N) is 1. The molecule has 0 radical (unpaired) electrons. The number of carbonyl (C=O) groups excluding carboxylic acids is 1. The number of hydrogen-bond acceptors (Lipinski definition) is 2. The van der Waals surface area contributed by atoms with Crippen LogP contribution in [0.5, 0.6) is 0 Å². The smallest absolute Gasteiger partial charge is 0.249 e. The van der Waals surface area contributed by atoms with E-state index in [0.717, 1.165) is 18.9 Å². The van der Waals surface area contributed by atoms with E-state index in [1.807, 2.05) is 6.92 Å². The van der Waals surface area contributed by atoms with Crippen LogP contribution in [0.4, 0.5) is 8.78 Å². The van der Waals surface area contributed by atoms with Crippen LogP contribution < -0.4 is 5.32 Å². The van der Waals surface area contributed by atoms with Crippen molar-refractivity contribution < 1.29 is 18.3 Å². The van der Waals surface area contributed by atoms with Gasteiger partial charge in [-0.1, -0.05) is 25.7 Å². The summed E-state index contributed by atoms with van der Waals surface area (Å²) in [6.45, 7) is 2.42. The molecule has 122 valence electrons. The molecule has 1 fully saturated rings. The zero-order chi connectivity index (χ0) is 15.9. The largest absolute Gasteiger partial charge is 0.364 e. The number of hydrogen-bond donors (Lipinski definition) is 1. The Morgan fingerprint density at radius 3 is 2.50 bits per heavy atom. The first-order valence-electron chi connectivity index (χ1n) is 7.92. The average Bonchev–Trinajstić information content (AvgIpc) is 2.95. The van der Waals surface area contributed by atoms with E-state index in [2.05, 4.69) is 5.32 Å². The van der Waals surface area contributed by atoms with E-state index in [1.54, 1.807) is 0 Å². The maximum atomic E-state index is 13.2. The van der Waals surface area contributed by atoms with E-state index in [4.69, 9.17) is 4.74 Å². The van der Waals surface area contributed by atoms with Crippen molar-refractivity contribution >= 4 is 5.91 Å². The zero-order valence-electron chi connectivity index (χ0n) is 12.9. The van der Waals surface area contributed by atoms with Crippen LogP contribution in [0.25, 0.3) is 0 Å². The molecule has 0 heterocycles. The Morgan fingerprint density at radius 1 is 1.27 bits per heavy atom. The summed E-state index contributed by atoms with van der Waals surface area (Å²) in [5.74, 6) is -0.920. The van der Waals surface area contributed by atoms with E-state index < -0.39 is 17.7 Å². The first-order chi connectivity index (χ1) is 10.6. The van der Waals surface area contributed by atoms with Crippen LogP contribution in [0, 0.1) is 17.6 Å². The van der Waals surface area contributed by atoms with Crippen molar-refractivity contribution in [3.63, 3.8) is 0 Å². The molecule has 1 aliphatic carbocycles. The van der Waals surface area contributed by atoms with Gasteiger partial charge in [0.2, 0.25) is 5.91 Å². The van der Waals surface area contributed by atoms with Crippen molar-refractivity contribution in [2.45, 2.75) is 51.7 Å². The van der Waals surface area contributed by atoms with Gasteiger partial charge in [0, 0.05) is 12.6 Å². The summed E-state index contributed by atoms with van der Waals surface area (Å²) in [5, 5.41) is 2.77. The van der Waals surface area contributed by atoms with Crippen LogP contribution in [0.15, 0.2) is 18.2 Å². The highest BCUT2D eigenvalue weighted by atomic mass is 19.1. The van der Waals surface area contributed by atoms with E-state index in [-0.39, 0.29) is 12.5 Å². The highest BCUT2D eigenvalue weighted by Gasteiger charge is 2.25. The summed E-state index contributed by atoms with van der Waals surface area (Å²) < 4.78 is 32.0. The first-order valence-corrected chi connectivity index (χ1v) is 7.92. The molecule has 1 unspecified atom stereocenters. The molecule has 0 saturated heterocycles. The lowest BCUT2D eigenvalue weighted by atomic mass is 9.99. The SMILES string of the molecule is CCNC(=O)C(CC1CCCC1)OCc1cc(F)cc(F)c1. The van der Waals surface area contributed by atoms with E-state index >= 15 is 0 Å². The molecule has 1 aromatic rings. The summed E-state index contributed by atoms with van der Waals surface area (Å²) in [6.07, 6.45) is 4.74. The highest BCUT2D eigenvalue weighted by molar-refractivity contribution is 5.80. The third-order valence-electron chi connectivity index (χ3n) is 4.04. The third kappa shape index (κ3) is 5.05. The number of ether oxygens (including phenoxy) is 1. The summed E-state index contributed by atoms with van der Waals surface area (Å²) in [4.78, 5) is 12.1. The number of rotatable bonds is 7. The van der Waals surface area contributed by atoms with Crippen molar-refractivity contribution in [3.05, 3.63) is 35.4 Å². The second-order valence-electron chi connectivity index (χ2n) is 5.86. The summed E-state index contributed by atoms with van der Waals surface area (Å²) in [7, 11) is 0. The Balaban J connectivity index is 1.96. The minimum Gasteiger partial charge on any atom is -0.364 e. The zero-order valence-corrected chi connectivity index (χ0v) is 12.9. The van der Waals surface area contributed by atoms with Gasteiger partial charge >= 0.3 is 0 Å². The molecule has 2 rings (SSSR count). The predicted molar refractivity (Wildman–Crippen MR) is 80.2 cm³/mol. The Hall–Kier alpha value is -1.49. The van der Waals surface area contributed by atoms with Gasteiger partial charge in [-0.25, -0.2) is 8.78 Å². The normalized spacial score (nSPS) is 16.7. The van der Waals surface area contributed by atoms with Crippen molar-refractivity contribution in [1.29, 1.82) is 0 Å². The molecule has 3 nitrogen and oxygen atoms in total. The lowest BCUT2D eigenvalue weighted by Gasteiger charge is -2.20. The lowest BCUT2D eigenvalue weighted by Crippen LogP contribution is -2.37. The van der Waals surface area contributed by atoms with Crippen LogP contribution >= 0.6 is 0 Å². The number of benzene rings is 1. The number of likely N-dealkylation sites (N-methyl/N-ethyl adjacent to an activating group) is 1. The molecule has 22 heavy (non-hydrogen) atoms. The van der Waals surface area contributed by atoms with E-state index in [1.165, 1.54) is 25.0 Å². The fourth-order valence-electron chi connectivity index (χ4n) is 2.98. The van der Waals surface area contributed by atoms with Gasteiger partial charge in [-0.05, 0) is 37.0 Å². The predicted octanol–water partition coefficient (Wildman–Crippen LogP) is 3.57. The van der Waals surface area contributed by atoms with Gasteiger partial charge < -0.3 is 10.1 Å². The molecule has 0 aromatic heterocycles. The van der Waals surface area contributed by atoms with Crippen LogP contribution in [0.2, 0.25) is 0 Å². The molecular weight excluding hydrogens is 288 g/mol. The molecule has 1 aliphatic rings. The van der Waals surface area contributed by atoms with Gasteiger partial charge in [-0.3, -0.25) is 4.79 Å². The molecule has 1 N–H and O–H groups in total. The fraction of sp³-hybridized carbons (Fsp3) is 0.588. The summed E-state index contributed by atoms with van der Waals surface area (Å²) >= 11 is 0. The van der Waals surface area contributed by atoms with E-state index in [0.29, 0.717) is 24.4 Å². The summed E-state index contributed by atoms with van der Waals surface area (Å²) in [6, 6.07) is 3.28. The van der Waals surface area contributed by atoms with Crippen LogP contribution in [0.1, 0.15) is 44.6 Å². The Bertz CT molecular complexity index is 481. The molecule has 0 aliphatic heterocycles. The quantitative estimate of drug-likeness (QED) is 0.836. The van der Waals surface area contributed by atoms with Gasteiger partial charge in [0.25, 0.3) is 0 Å². The van der Waals surface area contributed by atoms with Gasteiger partial charge in [0.05, 0.1) is 6.61 Å². The van der Waals surface area contributed by atoms with Crippen LogP contribution in [-0.2, 0) is 16.1 Å². The van der Waals surface area contributed by atoms with Crippen LogP contribution in [-0.4, -0.2) is 18.6 Å². The van der Waals surface area contributed by atoms with Crippen LogP contribution in [0.3, 0.4) is 0 Å². The molecule has 1 aromatic carbocycles. The van der Waals surface area contributed by atoms with Gasteiger partial charge in [0.1, 0.15) is 17.7 Å². The standard InChI is InChI=1S/C17H23F2NO2/c1-2-20-17(21)16(9-12-5-3-4-6-12)22-11-13-7-14(18)10-15(19)8-13/h7-8,10,12,16H,2-6,9,11H2,1H3,(H,20,21). The molecule has 0 spiro atoms. The molecule has 1 amide bonds. The Labute approximate surface area is 130 Å². The Kier molecular flexibility index (Phi) is 6.31. The van der Waals surface area contributed by atoms with E-state index in [9.17, 15) is 13.6 Å².